The first-order valence-electron chi connectivity index (χ1n) is 3.79. The Morgan fingerprint density at radius 2 is 1.79 bits per heavy atom. The minimum atomic E-state index is -0.500. The van der Waals surface area contributed by atoms with E-state index in [0.29, 0.717) is 5.56 Å². The van der Waals surface area contributed by atoms with Crippen molar-refractivity contribution in [1.29, 1.82) is 0 Å². The number of nitrogens with zero attached hydrogens (tertiary/aromatic N) is 1. The van der Waals surface area contributed by atoms with E-state index in [2.05, 4.69) is 4.74 Å². The van der Waals surface area contributed by atoms with Gasteiger partial charge in [0.25, 0.3) is 0 Å². The molecule has 5 heteroatoms. The van der Waals surface area contributed by atoms with Gasteiger partial charge in [-0.15, -0.1) is 0 Å². The van der Waals surface area contributed by atoms with Gasteiger partial charge in [0.1, 0.15) is 0 Å². The maximum absolute atomic E-state index is 10.8. The molecule has 0 aliphatic rings. The first-order valence-corrected chi connectivity index (χ1v) is 3.79. The topological polar surface area (TPSA) is 69.4 Å². The van der Waals surface area contributed by atoms with Gasteiger partial charge in [0.15, 0.2) is 7.05 Å². The summed E-state index contributed by atoms with van der Waals surface area (Å²) in [5, 5.41) is 8.81. The van der Waals surface area contributed by atoms with Crippen LogP contribution < -0.4 is 0 Å². The second kappa shape index (κ2) is 6.59. The van der Waals surface area contributed by atoms with Crippen LogP contribution in [0.3, 0.4) is 0 Å². The van der Waals surface area contributed by atoms with Crippen LogP contribution in [-0.2, 0) is 4.74 Å². The van der Waals surface area contributed by atoms with Crippen molar-refractivity contribution >= 4 is 5.97 Å². The number of hydrogen-bond donors (Lipinski definition) is 0. The van der Waals surface area contributed by atoms with Crippen molar-refractivity contribution in [2.45, 2.75) is 0 Å². The molecule has 1 rings (SSSR count). The molecule has 0 saturated carbocycles. The molecule has 0 radical (unpaired) electrons. The zero-order chi connectivity index (χ0) is 11.0. The summed E-state index contributed by atoms with van der Waals surface area (Å²) < 4.78 is 4.50. The van der Waals surface area contributed by atoms with Crippen molar-refractivity contribution < 1.29 is 14.5 Å². The van der Waals surface area contributed by atoms with Crippen LogP contribution in [-0.4, -0.2) is 25.1 Å². The summed E-state index contributed by atoms with van der Waals surface area (Å²) in [6, 6.07) is 8.88. The van der Waals surface area contributed by atoms with Crippen LogP contribution in [0.1, 0.15) is 10.4 Å². The third-order valence-electron chi connectivity index (χ3n) is 1.19. The van der Waals surface area contributed by atoms with Gasteiger partial charge in [0.2, 0.25) is 0 Å². The number of hydrogen-bond acceptors (Lipinski definition) is 4. The first-order chi connectivity index (χ1) is 6.57. The Labute approximate surface area is 81.5 Å². The van der Waals surface area contributed by atoms with E-state index in [1.807, 2.05) is 6.07 Å². The van der Waals surface area contributed by atoms with Crippen LogP contribution in [0, 0.1) is 10.1 Å². The second-order valence-corrected chi connectivity index (χ2v) is 2.30. The maximum Gasteiger partial charge on any atom is 0.337 e. The summed E-state index contributed by atoms with van der Waals surface area (Å²) in [6.45, 7) is 0. The van der Waals surface area contributed by atoms with Gasteiger partial charge in [-0.25, -0.2) is 4.79 Å². The lowest BCUT2D eigenvalue weighted by atomic mass is 10.2. The summed E-state index contributed by atoms with van der Waals surface area (Å²) in [5.74, 6) is -0.291. The molecule has 0 bridgehead atoms. The molecule has 0 aromatic heterocycles. The Kier molecular flexibility index (Phi) is 5.69. The van der Waals surface area contributed by atoms with E-state index in [-0.39, 0.29) is 5.97 Å². The molecule has 0 spiro atoms. The highest BCUT2D eigenvalue weighted by molar-refractivity contribution is 5.89. The second-order valence-electron chi connectivity index (χ2n) is 2.30. The molecule has 0 atom stereocenters. The largest absolute Gasteiger partial charge is 0.465 e. The quantitative estimate of drug-likeness (QED) is 0.387. The van der Waals surface area contributed by atoms with Gasteiger partial charge >= 0.3 is 5.97 Å². The number of esters is 1. The number of benzene rings is 1. The molecule has 14 heavy (non-hydrogen) atoms. The fourth-order valence-electron chi connectivity index (χ4n) is 0.692. The Morgan fingerprint density at radius 1 is 1.36 bits per heavy atom. The highest BCUT2D eigenvalue weighted by Crippen LogP contribution is 1.98. The van der Waals surface area contributed by atoms with Crippen molar-refractivity contribution in [2.75, 3.05) is 14.2 Å². The van der Waals surface area contributed by atoms with Crippen molar-refractivity contribution in [3.8, 4) is 0 Å². The molecule has 0 N–H and O–H groups in total. The molecule has 1 aromatic carbocycles. The van der Waals surface area contributed by atoms with E-state index >= 15 is 0 Å². The number of carbonyl (C=O) groups is 1. The predicted molar refractivity (Wildman–Crippen MR) is 50.7 cm³/mol. The minimum Gasteiger partial charge on any atom is -0.465 e. The summed E-state index contributed by atoms with van der Waals surface area (Å²) >= 11 is 0. The Bertz CT molecular complexity index is 293. The van der Waals surface area contributed by atoms with E-state index in [4.69, 9.17) is 10.1 Å². The fraction of sp³-hybridized carbons (Fsp3) is 0.222. The summed E-state index contributed by atoms with van der Waals surface area (Å²) in [6.07, 6.45) is 0. The molecule has 0 aliphatic carbocycles. The third kappa shape index (κ3) is 5.70. The molecule has 0 saturated heterocycles. The van der Waals surface area contributed by atoms with Crippen LogP contribution >= 0.6 is 0 Å². The first kappa shape index (κ1) is 12.1. The Hall–Kier alpha value is -1.91. The lowest BCUT2D eigenvalue weighted by Crippen LogP contribution is -1.99. The van der Waals surface area contributed by atoms with E-state index in [9.17, 15) is 4.79 Å². The van der Waals surface area contributed by atoms with E-state index in [0.717, 1.165) is 7.05 Å². The third-order valence-corrected chi connectivity index (χ3v) is 1.19. The number of methoxy groups -OCH3 is 1. The molecular formula is C9H11NO4. The summed E-state index contributed by atoms with van der Waals surface area (Å²) in [5.41, 5.74) is 0.588. The van der Waals surface area contributed by atoms with Gasteiger partial charge in [0.05, 0.1) is 12.7 Å². The number of carbonyl (C=O) groups excluding carboxylic acids is 1. The van der Waals surface area contributed by atoms with Gasteiger partial charge in [0, 0.05) is 4.92 Å². The van der Waals surface area contributed by atoms with E-state index < -0.39 is 4.92 Å². The Balaban J connectivity index is 0.000000364. The minimum absolute atomic E-state index is 0.291. The highest BCUT2D eigenvalue weighted by Gasteiger charge is 2.00. The lowest BCUT2D eigenvalue weighted by Gasteiger charge is -1.95. The summed E-state index contributed by atoms with van der Waals surface area (Å²) in [4.78, 5) is 19.1. The average Bonchev–Trinajstić information content (AvgIpc) is 2.17. The van der Waals surface area contributed by atoms with Crippen molar-refractivity contribution in [3.63, 3.8) is 0 Å². The molecular weight excluding hydrogens is 186 g/mol. The highest BCUT2D eigenvalue weighted by atomic mass is 16.6. The van der Waals surface area contributed by atoms with Gasteiger partial charge in [-0.3, -0.25) is 10.1 Å². The van der Waals surface area contributed by atoms with Crippen LogP contribution in [0.15, 0.2) is 30.3 Å². The SMILES string of the molecule is COC(=O)c1ccccc1.C[N+](=O)[O-]. The van der Waals surface area contributed by atoms with Gasteiger partial charge in [-0.1, -0.05) is 18.2 Å². The molecule has 0 amide bonds. The molecule has 0 fully saturated rings. The van der Waals surface area contributed by atoms with Crippen molar-refractivity contribution in [2.24, 2.45) is 0 Å². The van der Waals surface area contributed by atoms with Crippen LogP contribution in [0.2, 0.25) is 0 Å². The van der Waals surface area contributed by atoms with Gasteiger partial charge in [-0.2, -0.15) is 0 Å². The monoisotopic (exact) mass is 197 g/mol. The predicted octanol–water partition coefficient (Wildman–Crippen LogP) is 1.37. The van der Waals surface area contributed by atoms with Crippen LogP contribution in [0.25, 0.3) is 0 Å². The molecule has 0 unspecified atom stereocenters. The molecule has 5 nitrogen and oxygen atoms in total. The fourth-order valence-corrected chi connectivity index (χ4v) is 0.692. The van der Waals surface area contributed by atoms with E-state index in [1.54, 1.807) is 24.3 Å². The smallest absolute Gasteiger partial charge is 0.337 e. The molecule has 1 aromatic rings. The maximum atomic E-state index is 10.8. The van der Waals surface area contributed by atoms with Crippen molar-refractivity contribution in [1.82, 2.24) is 0 Å². The zero-order valence-electron chi connectivity index (χ0n) is 7.97. The number of nitro groups is 1. The van der Waals surface area contributed by atoms with E-state index in [1.165, 1.54) is 7.11 Å². The lowest BCUT2D eigenvalue weighted by molar-refractivity contribution is -0.445. The van der Waals surface area contributed by atoms with Crippen LogP contribution in [0.4, 0.5) is 0 Å². The number of ether oxygens (including phenoxy) is 1. The number of rotatable bonds is 1. The van der Waals surface area contributed by atoms with Crippen LogP contribution in [0.5, 0.6) is 0 Å². The average molecular weight is 197 g/mol. The molecule has 76 valence electrons. The van der Waals surface area contributed by atoms with Crippen molar-refractivity contribution in [3.05, 3.63) is 46.0 Å². The Morgan fingerprint density at radius 3 is 2.14 bits per heavy atom. The summed E-state index contributed by atoms with van der Waals surface area (Å²) in [7, 11) is 2.26. The zero-order valence-corrected chi connectivity index (χ0v) is 7.97. The normalized spacial score (nSPS) is 8.14. The standard InChI is InChI=1S/C8H8O2.CH3NO2/c1-10-8(9)7-5-3-2-4-6-7;1-2(3)4/h2-6H,1H3;1H3. The molecule has 0 heterocycles. The van der Waals surface area contributed by atoms with Gasteiger partial charge < -0.3 is 4.74 Å². The van der Waals surface area contributed by atoms with Gasteiger partial charge in [-0.05, 0) is 12.1 Å². The molecule has 0 aliphatic heterocycles.